The van der Waals surface area contributed by atoms with E-state index in [0.29, 0.717) is 22.7 Å². The van der Waals surface area contributed by atoms with Crippen LogP contribution in [-0.4, -0.2) is 44.0 Å². The fourth-order valence-electron chi connectivity index (χ4n) is 2.21. The lowest BCUT2D eigenvalue weighted by Crippen LogP contribution is -2.31. The summed E-state index contributed by atoms with van der Waals surface area (Å²) in [5, 5.41) is 8.34. The lowest BCUT2D eigenvalue weighted by Gasteiger charge is -2.16. The second-order valence-electron chi connectivity index (χ2n) is 6.83. The molecule has 0 spiro atoms. The zero-order valence-corrected chi connectivity index (χ0v) is 17.5. The summed E-state index contributed by atoms with van der Waals surface area (Å²) in [6.07, 6.45) is 0. The van der Waals surface area contributed by atoms with Gasteiger partial charge in [-0.2, -0.15) is 15.0 Å². The fourth-order valence-corrected chi connectivity index (χ4v) is 3.03. The van der Waals surface area contributed by atoms with Crippen LogP contribution in [0.4, 0.5) is 17.6 Å². The van der Waals surface area contributed by atoms with Gasteiger partial charge in [-0.25, -0.2) is 0 Å². The Kier molecular flexibility index (Phi) is 7.74. The number of rotatable bonds is 9. The maximum atomic E-state index is 12.6. The van der Waals surface area contributed by atoms with Crippen LogP contribution in [0.5, 0.6) is 0 Å². The third-order valence-electron chi connectivity index (χ3n) is 3.32. The summed E-state index contributed by atoms with van der Waals surface area (Å²) in [4.78, 5) is 37.8. The third kappa shape index (κ3) is 6.80. The van der Waals surface area contributed by atoms with Gasteiger partial charge in [0.1, 0.15) is 5.25 Å². The van der Waals surface area contributed by atoms with Crippen molar-refractivity contribution in [2.24, 2.45) is 0 Å². The largest absolute Gasteiger partial charge is 0.352 e. The van der Waals surface area contributed by atoms with E-state index in [1.54, 1.807) is 12.1 Å². The molecule has 9 heteroatoms. The molecule has 1 aromatic carbocycles. The summed E-state index contributed by atoms with van der Waals surface area (Å²) in [6, 6.07) is 9.24. The number of aromatic nitrogens is 3. The SMILES string of the molecule is CC(=O)[C@H](Sc1nc(NC(C)C)nc(NC(C)C)n1)C(=O)Nc1ccccc1. The first-order valence-electron chi connectivity index (χ1n) is 9.06. The summed E-state index contributed by atoms with van der Waals surface area (Å²) in [7, 11) is 0. The van der Waals surface area contributed by atoms with Gasteiger partial charge < -0.3 is 16.0 Å². The van der Waals surface area contributed by atoms with Crippen molar-refractivity contribution in [3.8, 4) is 0 Å². The molecule has 3 N–H and O–H groups in total. The first kappa shape index (κ1) is 21.6. The molecule has 0 aliphatic heterocycles. The van der Waals surface area contributed by atoms with Crippen LogP contribution in [0.15, 0.2) is 35.5 Å². The number of thioether (sulfide) groups is 1. The van der Waals surface area contributed by atoms with E-state index in [0.717, 1.165) is 11.8 Å². The van der Waals surface area contributed by atoms with E-state index < -0.39 is 11.2 Å². The molecule has 1 heterocycles. The first-order chi connectivity index (χ1) is 13.2. The van der Waals surface area contributed by atoms with Crippen molar-refractivity contribution in [1.29, 1.82) is 0 Å². The maximum absolute atomic E-state index is 12.6. The van der Waals surface area contributed by atoms with Crippen molar-refractivity contribution in [3.63, 3.8) is 0 Å². The normalized spacial score (nSPS) is 12.0. The summed E-state index contributed by atoms with van der Waals surface area (Å²) in [5.74, 6) is 0.0827. The average molecular weight is 403 g/mol. The quantitative estimate of drug-likeness (QED) is 0.433. The first-order valence-corrected chi connectivity index (χ1v) is 9.94. The highest BCUT2D eigenvalue weighted by Crippen LogP contribution is 2.24. The van der Waals surface area contributed by atoms with Gasteiger partial charge in [0.05, 0.1) is 0 Å². The number of benzene rings is 1. The third-order valence-corrected chi connectivity index (χ3v) is 4.50. The Morgan fingerprint density at radius 1 is 0.893 bits per heavy atom. The molecule has 2 aromatic rings. The van der Waals surface area contributed by atoms with Gasteiger partial charge in [-0.3, -0.25) is 9.59 Å². The standard InChI is InChI=1S/C19H26N6O2S/c1-11(2)20-17-23-18(21-12(3)4)25-19(24-17)28-15(13(5)26)16(27)22-14-9-7-6-8-10-14/h6-12,15H,1-5H3,(H,22,27)(H2,20,21,23,24,25)/t15-/m0/s1. The number of hydrogen-bond donors (Lipinski definition) is 3. The highest BCUT2D eigenvalue weighted by Gasteiger charge is 2.27. The predicted molar refractivity (Wildman–Crippen MR) is 113 cm³/mol. The number of carbonyl (C=O) groups is 2. The average Bonchev–Trinajstić information content (AvgIpc) is 2.58. The van der Waals surface area contributed by atoms with E-state index in [2.05, 4.69) is 30.9 Å². The van der Waals surface area contributed by atoms with Crippen molar-refractivity contribution in [1.82, 2.24) is 15.0 Å². The minimum absolute atomic E-state index is 0.122. The number of hydrogen-bond acceptors (Lipinski definition) is 8. The molecule has 1 aromatic heterocycles. The molecule has 0 aliphatic carbocycles. The van der Waals surface area contributed by atoms with E-state index in [1.165, 1.54) is 6.92 Å². The summed E-state index contributed by atoms with van der Waals surface area (Å²) in [6.45, 7) is 9.26. The highest BCUT2D eigenvalue weighted by atomic mass is 32.2. The molecule has 1 atom stereocenters. The Morgan fingerprint density at radius 2 is 1.43 bits per heavy atom. The monoisotopic (exact) mass is 402 g/mol. The van der Waals surface area contributed by atoms with Crippen molar-refractivity contribution in [2.75, 3.05) is 16.0 Å². The molecule has 0 unspecified atom stereocenters. The number of Topliss-reactive ketones (excluding diaryl/α,β-unsaturated/α-hetero) is 1. The second kappa shape index (κ2) is 10.0. The van der Waals surface area contributed by atoms with Gasteiger partial charge in [0.15, 0.2) is 10.9 Å². The molecule has 1 amide bonds. The Morgan fingerprint density at radius 3 is 1.89 bits per heavy atom. The number of nitrogens with zero attached hydrogens (tertiary/aromatic N) is 3. The number of ketones is 1. The van der Waals surface area contributed by atoms with E-state index in [-0.39, 0.29) is 17.9 Å². The van der Waals surface area contributed by atoms with Gasteiger partial charge in [-0.1, -0.05) is 30.0 Å². The molecule has 0 saturated heterocycles. The Hall–Kier alpha value is -2.68. The molecule has 8 nitrogen and oxygen atoms in total. The van der Waals surface area contributed by atoms with Crippen LogP contribution in [0.1, 0.15) is 34.6 Å². The van der Waals surface area contributed by atoms with E-state index in [1.807, 2.05) is 45.9 Å². The minimum atomic E-state index is -0.971. The van der Waals surface area contributed by atoms with Crippen molar-refractivity contribution in [2.45, 2.75) is 57.1 Å². The molecule has 150 valence electrons. The molecular formula is C19H26N6O2S. The topological polar surface area (TPSA) is 109 Å². The van der Waals surface area contributed by atoms with Crippen LogP contribution in [0.25, 0.3) is 0 Å². The molecule has 0 bridgehead atoms. The van der Waals surface area contributed by atoms with Crippen LogP contribution >= 0.6 is 11.8 Å². The van der Waals surface area contributed by atoms with E-state index in [9.17, 15) is 9.59 Å². The predicted octanol–water partition coefficient (Wildman–Crippen LogP) is 3.20. The van der Waals surface area contributed by atoms with Crippen LogP contribution < -0.4 is 16.0 Å². The van der Waals surface area contributed by atoms with Gasteiger partial charge in [0.25, 0.3) is 0 Å². The van der Waals surface area contributed by atoms with E-state index in [4.69, 9.17) is 0 Å². The van der Waals surface area contributed by atoms with Crippen LogP contribution in [0.3, 0.4) is 0 Å². The number of para-hydroxylation sites is 1. The van der Waals surface area contributed by atoms with Crippen LogP contribution in [0, 0.1) is 0 Å². The lowest BCUT2D eigenvalue weighted by atomic mass is 10.2. The zero-order valence-electron chi connectivity index (χ0n) is 16.7. The van der Waals surface area contributed by atoms with Gasteiger partial charge in [-0.05, 0) is 46.8 Å². The second-order valence-corrected chi connectivity index (χ2v) is 7.90. The molecule has 0 aliphatic rings. The van der Waals surface area contributed by atoms with E-state index >= 15 is 0 Å². The molecular weight excluding hydrogens is 376 g/mol. The smallest absolute Gasteiger partial charge is 0.245 e. The van der Waals surface area contributed by atoms with Gasteiger partial charge in [0, 0.05) is 17.8 Å². The molecule has 0 fully saturated rings. The Bertz CT molecular complexity index is 785. The van der Waals surface area contributed by atoms with Crippen LogP contribution in [-0.2, 0) is 9.59 Å². The van der Waals surface area contributed by atoms with Crippen LogP contribution in [0.2, 0.25) is 0 Å². The summed E-state index contributed by atoms with van der Waals surface area (Å²) < 4.78 is 0. The Labute approximate surface area is 169 Å². The molecule has 0 radical (unpaired) electrons. The number of amides is 1. The van der Waals surface area contributed by atoms with Crippen molar-refractivity contribution < 1.29 is 9.59 Å². The lowest BCUT2D eigenvalue weighted by molar-refractivity contribution is -0.123. The van der Waals surface area contributed by atoms with Gasteiger partial charge in [-0.15, -0.1) is 0 Å². The van der Waals surface area contributed by atoms with Crippen molar-refractivity contribution >= 4 is 41.0 Å². The fraction of sp³-hybridized carbons (Fsp3) is 0.421. The van der Waals surface area contributed by atoms with Gasteiger partial charge >= 0.3 is 0 Å². The molecule has 0 saturated carbocycles. The molecule has 28 heavy (non-hydrogen) atoms. The summed E-state index contributed by atoms with van der Waals surface area (Å²) in [5.41, 5.74) is 0.624. The summed E-state index contributed by atoms with van der Waals surface area (Å²) >= 11 is 1.00. The molecule has 2 rings (SSSR count). The minimum Gasteiger partial charge on any atom is -0.352 e. The van der Waals surface area contributed by atoms with Crippen molar-refractivity contribution in [3.05, 3.63) is 30.3 Å². The number of carbonyl (C=O) groups excluding carboxylic acids is 2. The zero-order chi connectivity index (χ0) is 20.7. The van der Waals surface area contributed by atoms with Gasteiger partial charge in [0.2, 0.25) is 17.8 Å². The number of anilines is 3. The highest BCUT2D eigenvalue weighted by molar-refractivity contribution is 8.01. The number of nitrogens with one attached hydrogen (secondary N) is 3. The maximum Gasteiger partial charge on any atom is 0.245 e. The Balaban J connectivity index is 2.24.